The van der Waals surface area contributed by atoms with Crippen LogP contribution >= 0.6 is 23.4 Å². The maximum Gasteiger partial charge on any atom is 0.245 e. The molecule has 0 amide bonds. The van der Waals surface area contributed by atoms with Crippen molar-refractivity contribution in [2.45, 2.75) is 60.7 Å². The van der Waals surface area contributed by atoms with Crippen LogP contribution in [0.2, 0.25) is 5.02 Å². The van der Waals surface area contributed by atoms with Crippen LogP contribution in [0.15, 0.2) is 52.6 Å². The van der Waals surface area contributed by atoms with Gasteiger partial charge in [0.1, 0.15) is 10.8 Å². The molecule has 0 radical (unpaired) electrons. The number of aromatic nitrogens is 4. The van der Waals surface area contributed by atoms with E-state index in [4.69, 9.17) is 17.3 Å². The number of nitrogen functional groups attached to an aromatic ring is 1. The average molecular weight is 544 g/mol. The monoisotopic (exact) mass is 543 g/mol. The molecular formula is C25H30ClN7OS2. The van der Waals surface area contributed by atoms with Crippen molar-refractivity contribution < 1.29 is 4.21 Å². The Balaban J connectivity index is 1.29. The summed E-state index contributed by atoms with van der Waals surface area (Å²) >= 11 is 7.60. The van der Waals surface area contributed by atoms with Crippen molar-refractivity contribution in [3.8, 4) is 0 Å². The highest BCUT2D eigenvalue weighted by Gasteiger charge is 2.49. The molecule has 36 heavy (non-hydrogen) atoms. The molecule has 3 heterocycles. The largest absolute Gasteiger partial charge is 0.382 e. The van der Waals surface area contributed by atoms with E-state index < -0.39 is 11.0 Å². The third kappa shape index (κ3) is 4.96. The average Bonchev–Trinajstić information content (AvgIpc) is 3.15. The molecule has 2 aliphatic rings. The third-order valence-corrected chi connectivity index (χ3v) is 10.00. The molecule has 5 rings (SSSR count). The lowest BCUT2D eigenvalue weighted by Gasteiger charge is -2.43. The summed E-state index contributed by atoms with van der Waals surface area (Å²) in [6, 6.07) is 10.4. The van der Waals surface area contributed by atoms with Crippen LogP contribution < -0.4 is 15.4 Å². The van der Waals surface area contributed by atoms with E-state index in [9.17, 15) is 4.21 Å². The third-order valence-electron chi connectivity index (χ3n) is 6.97. The fourth-order valence-corrected chi connectivity index (χ4v) is 6.87. The molecule has 0 bridgehead atoms. The molecule has 3 N–H and O–H groups in total. The summed E-state index contributed by atoms with van der Waals surface area (Å²) in [5, 5.41) is 9.80. The maximum absolute atomic E-state index is 13.1. The summed E-state index contributed by atoms with van der Waals surface area (Å²) in [6.07, 6.45) is 6.22. The number of anilines is 2. The van der Waals surface area contributed by atoms with Gasteiger partial charge < -0.3 is 10.6 Å². The molecule has 1 spiro atoms. The summed E-state index contributed by atoms with van der Waals surface area (Å²) in [7, 11) is -1.15. The smallest absolute Gasteiger partial charge is 0.245 e. The van der Waals surface area contributed by atoms with Crippen molar-refractivity contribution in [2.75, 3.05) is 23.7 Å². The zero-order valence-electron chi connectivity index (χ0n) is 20.6. The van der Waals surface area contributed by atoms with E-state index in [1.54, 1.807) is 18.5 Å². The number of hydrogen-bond acceptors (Lipinski definition) is 8. The van der Waals surface area contributed by atoms with Crippen LogP contribution in [-0.2, 0) is 17.4 Å². The first-order valence-corrected chi connectivity index (χ1v) is 14.3. The molecule has 8 nitrogen and oxygen atoms in total. The molecular weight excluding hydrogens is 514 g/mol. The highest BCUT2D eigenvalue weighted by Crippen LogP contribution is 2.52. The first-order valence-electron chi connectivity index (χ1n) is 11.9. The molecule has 3 aromatic rings. The van der Waals surface area contributed by atoms with Gasteiger partial charge in [-0.25, -0.2) is 18.9 Å². The number of fused-ring (bicyclic) bond motifs is 1. The number of halogens is 1. The van der Waals surface area contributed by atoms with Gasteiger partial charge in [-0.05, 0) is 62.6 Å². The van der Waals surface area contributed by atoms with Gasteiger partial charge in [0.2, 0.25) is 5.95 Å². The minimum Gasteiger partial charge on any atom is -0.382 e. The number of hydrogen-bond donors (Lipinski definition) is 2. The highest BCUT2D eigenvalue weighted by atomic mass is 35.5. The van der Waals surface area contributed by atoms with Gasteiger partial charge in [-0.1, -0.05) is 47.6 Å². The highest BCUT2D eigenvalue weighted by molar-refractivity contribution is 7.99. The van der Waals surface area contributed by atoms with E-state index in [-0.39, 0.29) is 22.0 Å². The van der Waals surface area contributed by atoms with Gasteiger partial charge in [-0.15, -0.1) is 10.2 Å². The molecule has 0 saturated carbocycles. The van der Waals surface area contributed by atoms with Gasteiger partial charge in [0.25, 0.3) is 0 Å². The number of rotatable bonds is 5. The van der Waals surface area contributed by atoms with Crippen LogP contribution in [0.1, 0.15) is 50.8 Å². The summed E-state index contributed by atoms with van der Waals surface area (Å²) < 4.78 is 16.3. The normalized spacial score (nSPS) is 19.9. The van der Waals surface area contributed by atoms with Crippen LogP contribution in [0.25, 0.3) is 0 Å². The molecule has 1 aromatic carbocycles. The van der Waals surface area contributed by atoms with Crippen molar-refractivity contribution in [1.29, 1.82) is 0 Å². The Hall–Kier alpha value is -2.27. The number of nitrogens with zero attached hydrogens (tertiary/aromatic N) is 5. The molecule has 1 aliphatic heterocycles. The van der Waals surface area contributed by atoms with E-state index >= 15 is 0 Å². The number of benzene rings is 1. The Kier molecular flexibility index (Phi) is 6.97. The zero-order chi connectivity index (χ0) is 25.5. The topological polar surface area (TPSA) is 110 Å². The first kappa shape index (κ1) is 25.4. The van der Waals surface area contributed by atoms with Crippen molar-refractivity contribution in [3.05, 3.63) is 58.9 Å². The van der Waals surface area contributed by atoms with Crippen LogP contribution in [0, 0.1) is 5.41 Å². The van der Waals surface area contributed by atoms with Crippen LogP contribution in [-0.4, -0.2) is 42.2 Å². The maximum atomic E-state index is 13.1. The Morgan fingerprint density at radius 2 is 1.92 bits per heavy atom. The first-order chi connectivity index (χ1) is 17.2. The van der Waals surface area contributed by atoms with Crippen molar-refractivity contribution in [2.24, 2.45) is 5.41 Å². The number of piperidine rings is 1. The number of nitrogens with one attached hydrogen (secondary N) is 1. The molecule has 11 heteroatoms. The minimum atomic E-state index is -1.15. The number of pyridine rings is 1. The fraction of sp³-hybridized carbons (Fsp3) is 0.440. The van der Waals surface area contributed by atoms with Gasteiger partial charge in [0, 0.05) is 24.2 Å². The molecule has 190 valence electrons. The summed E-state index contributed by atoms with van der Waals surface area (Å²) in [5.74, 6) is 0.905. The Labute approximate surface area is 223 Å². The lowest BCUT2D eigenvalue weighted by molar-refractivity contribution is 0.177. The fourth-order valence-electron chi connectivity index (χ4n) is 4.96. The van der Waals surface area contributed by atoms with Crippen molar-refractivity contribution in [3.63, 3.8) is 0 Å². The van der Waals surface area contributed by atoms with Crippen molar-refractivity contribution in [1.82, 2.24) is 24.9 Å². The van der Waals surface area contributed by atoms with E-state index in [1.165, 1.54) is 22.9 Å². The van der Waals surface area contributed by atoms with E-state index in [1.807, 2.05) is 20.8 Å². The lowest BCUT2D eigenvalue weighted by atomic mass is 9.73. The molecule has 1 saturated heterocycles. The predicted molar refractivity (Wildman–Crippen MR) is 145 cm³/mol. The Morgan fingerprint density at radius 3 is 2.61 bits per heavy atom. The van der Waals surface area contributed by atoms with Crippen LogP contribution in [0.5, 0.6) is 0 Å². The van der Waals surface area contributed by atoms with Gasteiger partial charge in [-0.3, -0.25) is 0 Å². The van der Waals surface area contributed by atoms with Gasteiger partial charge in [-0.2, -0.15) is 0 Å². The van der Waals surface area contributed by atoms with Crippen LogP contribution in [0.4, 0.5) is 11.8 Å². The second-order valence-corrected chi connectivity index (χ2v) is 13.8. The summed E-state index contributed by atoms with van der Waals surface area (Å²) in [5.41, 5.74) is 8.44. The molecule has 2 aromatic heterocycles. The Morgan fingerprint density at radius 1 is 1.17 bits per heavy atom. The minimum absolute atomic E-state index is 0.0162. The molecule has 0 unspecified atom stereocenters. The standard InChI is InChI=1S/C25H30ClN7OS2/c1-24(2,3)36(34)32-21-17-7-5-4-6-16(17)14-25(21)9-12-33(13-10-25)23-29-15-19(30-31-23)35-18-8-11-28-22(27)20(18)26/h4-8,11,15,21,32H,9-10,12-14H2,1-3H3,(H2,27,28)/t21-,36-/m1/s1. The summed E-state index contributed by atoms with van der Waals surface area (Å²) in [4.78, 5) is 11.5. The van der Waals surface area contributed by atoms with E-state index in [0.29, 0.717) is 16.0 Å². The van der Waals surface area contributed by atoms with Gasteiger partial charge in [0.05, 0.1) is 33.0 Å². The zero-order valence-corrected chi connectivity index (χ0v) is 23.0. The lowest BCUT2D eigenvalue weighted by Crippen LogP contribution is -2.48. The number of nitrogens with two attached hydrogens (primary N) is 1. The van der Waals surface area contributed by atoms with Gasteiger partial charge >= 0.3 is 0 Å². The van der Waals surface area contributed by atoms with E-state index in [0.717, 1.165) is 37.2 Å². The van der Waals surface area contributed by atoms with Gasteiger partial charge in [0.15, 0.2) is 0 Å². The Bertz CT molecular complexity index is 1270. The molecule has 1 aliphatic carbocycles. The quantitative estimate of drug-likeness (QED) is 0.481. The van der Waals surface area contributed by atoms with Crippen molar-refractivity contribution >= 4 is 46.1 Å². The second kappa shape index (κ2) is 9.89. The van der Waals surface area contributed by atoms with Crippen LogP contribution in [0.3, 0.4) is 0 Å². The van der Waals surface area contributed by atoms with E-state index in [2.05, 4.69) is 54.1 Å². The predicted octanol–water partition coefficient (Wildman–Crippen LogP) is 4.59. The molecule has 2 atom stereocenters. The molecule has 1 fully saturated rings. The summed E-state index contributed by atoms with van der Waals surface area (Å²) in [6.45, 7) is 7.66. The second-order valence-electron chi connectivity index (χ2n) is 10.4. The SMILES string of the molecule is CC(C)(C)[S@@](=O)N[C@@H]1c2ccccc2CC12CCN(c1ncc(Sc3ccnc(N)c3Cl)nn1)CC2.